The Labute approximate surface area is 136 Å². The molecule has 0 aliphatic carbocycles. The number of benzene rings is 1. The summed E-state index contributed by atoms with van der Waals surface area (Å²) in [5.41, 5.74) is -0.685. The van der Waals surface area contributed by atoms with Gasteiger partial charge in [0, 0.05) is 30.8 Å². The Morgan fingerprint density at radius 3 is 2.83 bits per heavy atom. The zero-order chi connectivity index (χ0) is 16.8. The third kappa shape index (κ3) is 2.48. The van der Waals surface area contributed by atoms with Crippen molar-refractivity contribution in [3.8, 4) is 0 Å². The zero-order valence-electron chi connectivity index (χ0n) is 13.9. The van der Waals surface area contributed by atoms with Gasteiger partial charge in [0.15, 0.2) is 5.67 Å². The van der Waals surface area contributed by atoms with Gasteiger partial charge in [-0.05, 0) is 26.8 Å². The normalized spacial score (nSPS) is 26.0. The minimum Gasteiger partial charge on any atom is -0.444 e. The molecule has 0 radical (unpaired) electrons. The van der Waals surface area contributed by atoms with E-state index in [1.165, 1.54) is 4.90 Å². The number of likely N-dealkylation sites (tertiary alicyclic amines) is 1. The summed E-state index contributed by atoms with van der Waals surface area (Å²) < 4.78 is 21.2. The van der Waals surface area contributed by atoms with Crippen LogP contribution in [-0.2, 0) is 10.4 Å². The Bertz CT molecular complexity index is 640. The van der Waals surface area contributed by atoms with Crippen LogP contribution in [0, 0.1) is 0 Å². The number of carbonyl (C=O) groups is 1. The summed E-state index contributed by atoms with van der Waals surface area (Å²) in [5.74, 6) is 0. The minimum absolute atomic E-state index is 0.279. The van der Waals surface area contributed by atoms with E-state index in [0.717, 1.165) is 5.69 Å². The molecule has 1 aromatic rings. The SMILES string of the molecule is C=CCN1c2ccccc2[C@]2(F)CCN(C(=O)OC(C)(C)C)[C@H]12. The fourth-order valence-corrected chi connectivity index (χ4v) is 3.53. The number of fused-ring (bicyclic) bond motifs is 3. The van der Waals surface area contributed by atoms with E-state index in [2.05, 4.69) is 6.58 Å². The molecule has 5 heteroatoms. The number of carbonyl (C=O) groups excluding carboxylic acids is 1. The number of halogens is 1. The summed E-state index contributed by atoms with van der Waals surface area (Å²) in [6, 6.07) is 7.43. The van der Waals surface area contributed by atoms with Gasteiger partial charge in [-0.3, -0.25) is 4.90 Å². The lowest BCUT2D eigenvalue weighted by atomic mass is 9.95. The Balaban J connectivity index is 1.98. The molecule has 2 heterocycles. The number of rotatable bonds is 2. The van der Waals surface area contributed by atoms with Crippen LogP contribution in [0.2, 0.25) is 0 Å². The van der Waals surface area contributed by atoms with Crippen molar-refractivity contribution in [3.63, 3.8) is 0 Å². The second kappa shape index (κ2) is 5.25. The van der Waals surface area contributed by atoms with Gasteiger partial charge in [0.1, 0.15) is 11.8 Å². The second-order valence-electron chi connectivity index (χ2n) is 7.12. The Kier molecular flexibility index (Phi) is 3.62. The second-order valence-corrected chi connectivity index (χ2v) is 7.12. The smallest absolute Gasteiger partial charge is 0.412 e. The van der Waals surface area contributed by atoms with Crippen LogP contribution >= 0.6 is 0 Å². The Morgan fingerprint density at radius 2 is 2.17 bits per heavy atom. The van der Waals surface area contributed by atoms with Gasteiger partial charge in [-0.1, -0.05) is 24.3 Å². The monoisotopic (exact) mass is 318 g/mol. The molecule has 0 bridgehead atoms. The van der Waals surface area contributed by atoms with Crippen LogP contribution < -0.4 is 4.90 Å². The maximum Gasteiger partial charge on any atom is 0.412 e. The predicted molar refractivity (Wildman–Crippen MR) is 88.1 cm³/mol. The van der Waals surface area contributed by atoms with Crippen molar-refractivity contribution in [3.05, 3.63) is 42.5 Å². The number of ether oxygens (including phenoxy) is 1. The number of hydrogen-bond acceptors (Lipinski definition) is 3. The van der Waals surface area contributed by atoms with Crippen LogP contribution in [0.4, 0.5) is 14.9 Å². The number of para-hydroxylation sites is 1. The first-order valence-electron chi connectivity index (χ1n) is 7.93. The molecule has 4 nitrogen and oxygen atoms in total. The molecule has 0 spiro atoms. The number of hydrogen-bond donors (Lipinski definition) is 0. The van der Waals surface area contributed by atoms with Crippen LogP contribution in [0.5, 0.6) is 0 Å². The number of anilines is 1. The maximum absolute atomic E-state index is 15.8. The van der Waals surface area contributed by atoms with Gasteiger partial charge in [-0.15, -0.1) is 6.58 Å². The van der Waals surface area contributed by atoms with Gasteiger partial charge in [0.25, 0.3) is 0 Å². The van der Waals surface area contributed by atoms with Crippen LogP contribution in [0.15, 0.2) is 36.9 Å². The van der Waals surface area contributed by atoms with Crippen molar-refractivity contribution in [2.45, 2.75) is 44.6 Å². The Morgan fingerprint density at radius 1 is 1.48 bits per heavy atom. The molecule has 1 amide bonds. The van der Waals surface area contributed by atoms with E-state index < -0.39 is 23.5 Å². The molecular formula is C18H23FN2O2. The van der Waals surface area contributed by atoms with Crippen LogP contribution in [0.1, 0.15) is 32.8 Å². The summed E-state index contributed by atoms with van der Waals surface area (Å²) in [4.78, 5) is 15.9. The molecule has 0 N–H and O–H groups in total. The molecule has 2 aliphatic rings. The van der Waals surface area contributed by atoms with Crippen LogP contribution in [-0.4, -0.2) is 35.8 Å². The molecule has 2 atom stereocenters. The maximum atomic E-state index is 15.8. The average Bonchev–Trinajstić information content (AvgIpc) is 2.92. The number of nitrogens with zero attached hydrogens (tertiary/aromatic N) is 2. The predicted octanol–water partition coefficient (Wildman–Crippen LogP) is 3.82. The van der Waals surface area contributed by atoms with Crippen molar-refractivity contribution < 1.29 is 13.9 Å². The van der Waals surface area contributed by atoms with E-state index in [9.17, 15) is 4.79 Å². The summed E-state index contributed by atoms with van der Waals surface area (Å²) in [7, 11) is 0. The fourth-order valence-electron chi connectivity index (χ4n) is 3.53. The zero-order valence-corrected chi connectivity index (χ0v) is 13.9. The minimum atomic E-state index is -1.56. The lowest BCUT2D eigenvalue weighted by Gasteiger charge is -2.35. The molecule has 1 aromatic carbocycles. The van der Waals surface area contributed by atoms with Gasteiger partial charge in [0.05, 0.1) is 0 Å². The lowest BCUT2D eigenvalue weighted by Crippen LogP contribution is -2.51. The van der Waals surface area contributed by atoms with Gasteiger partial charge < -0.3 is 9.64 Å². The van der Waals surface area contributed by atoms with Crippen molar-refractivity contribution in [1.82, 2.24) is 4.90 Å². The van der Waals surface area contributed by atoms with Gasteiger partial charge in [0.2, 0.25) is 0 Å². The first-order chi connectivity index (χ1) is 10.8. The standard InChI is InChI=1S/C18H23FN2O2/c1-5-11-20-14-9-7-6-8-13(14)18(19)10-12-21(15(18)20)16(22)23-17(2,3)4/h5-9,15H,1,10-12H2,2-4H3/t15-,18+/m0/s1. The highest BCUT2D eigenvalue weighted by Gasteiger charge is 2.59. The highest BCUT2D eigenvalue weighted by molar-refractivity contribution is 5.73. The van der Waals surface area contributed by atoms with E-state index in [1.807, 2.05) is 49.9 Å². The van der Waals surface area contributed by atoms with Crippen molar-refractivity contribution >= 4 is 11.8 Å². The van der Waals surface area contributed by atoms with Crippen molar-refractivity contribution in [2.24, 2.45) is 0 Å². The summed E-state index contributed by atoms with van der Waals surface area (Å²) in [6.07, 6.45) is 0.868. The average molecular weight is 318 g/mol. The van der Waals surface area contributed by atoms with Crippen LogP contribution in [0.3, 0.4) is 0 Å². The number of amides is 1. The van der Waals surface area contributed by atoms with Crippen LogP contribution in [0.25, 0.3) is 0 Å². The summed E-state index contributed by atoms with van der Waals surface area (Å²) in [6.45, 7) is 10.0. The van der Waals surface area contributed by atoms with E-state index >= 15 is 4.39 Å². The highest BCUT2D eigenvalue weighted by atomic mass is 19.1. The van der Waals surface area contributed by atoms with E-state index in [0.29, 0.717) is 18.7 Å². The first kappa shape index (κ1) is 15.8. The summed E-state index contributed by atoms with van der Waals surface area (Å²) in [5, 5.41) is 0. The number of alkyl halides is 1. The van der Waals surface area contributed by atoms with Crippen molar-refractivity contribution in [2.75, 3.05) is 18.0 Å². The van der Waals surface area contributed by atoms with E-state index in [1.54, 1.807) is 6.08 Å². The quantitative estimate of drug-likeness (QED) is 0.777. The van der Waals surface area contributed by atoms with Gasteiger partial charge in [-0.2, -0.15) is 0 Å². The lowest BCUT2D eigenvalue weighted by molar-refractivity contribution is 0.0135. The molecule has 0 saturated carbocycles. The molecule has 23 heavy (non-hydrogen) atoms. The molecule has 2 aliphatic heterocycles. The topological polar surface area (TPSA) is 32.8 Å². The van der Waals surface area contributed by atoms with E-state index in [-0.39, 0.29) is 6.42 Å². The fraction of sp³-hybridized carbons (Fsp3) is 0.500. The molecular weight excluding hydrogens is 295 g/mol. The molecule has 124 valence electrons. The Hall–Kier alpha value is -2.04. The third-order valence-electron chi connectivity index (χ3n) is 4.33. The third-order valence-corrected chi connectivity index (χ3v) is 4.33. The molecule has 1 saturated heterocycles. The highest BCUT2D eigenvalue weighted by Crippen LogP contribution is 2.53. The largest absolute Gasteiger partial charge is 0.444 e. The molecule has 0 unspecified atom stereocenters. The van der Waals surface area contributed by atoms with Gasteiger partial charge in [-0.25, -0.2) is 9.18 Å². The van der Waals surface area contributed by atoms with Gasteiger partial charge >= 0.3 is 6.09 Å². The summed E-state index contributed by atoms with van der Waals surface area (Å²) >= 11 is 0. The molecule has 0 aromatic heterocycles. The van der Waals surface area contributed by atoms with Crippen molar-refractivity contribution in [1.29, 1.82) is 0 Å². The van der Waals surface area contributed by atoms with E-state index in [4.69, 9.17) is 4.74 Å². The first-order valence-corrected chi connectivity index (χ1v) is 7.93. The molecule has 1 fully saturated rings. The molecule has 3 rings (SSSR count).